The third kappa shape index (κ3) is 3.29. The standard InChI is InChI=1S/C12H12N2O2S/c1-17(15,16)14-13-9-10-6-7-11-4-2-3-5-12(11)8-10/h2-9,14H,1H3. The average Bonchev–Trinajstić information content (AvgIpc) is 2.27. The normalized spacial score (nSPS) is 12.1. The van der Waals surface area contributed by atoms with Crippen LogP contribution >= 0.6 is 0 Å². The first-order chi connectivity index (χ1) is 8.04. The van der Waals surface area contributed by atoms with Gasteiger partial charge in [-0.1, -0.05) is 36.4 Å². The minimum atomic E-state index is -3.28. The molecule has 0 saturated carbocycles. The van der Waals surface area contributed by atoms with Crippen molar-refractivity contribution in [1.29, 1.82) is 0 Å². The van der Waals surface area contributed by atoms with Crippen LogP contribution in [0.25, 0.3) is 10.8 Å². The lowest BCUT2D eigenvalue weighted by atomic mass is 10.1. The number of rotatable bonds is 3. The first-order valence-electron chi connectivity index (χ1n) is 5.03. The topological polar surface area (TPSA) is 58.5 Å². The third-order valence-corrected chi connectivity index (χ3v) is 2.64. The first-order valence-corrected chi connectivity index (χ1v) is 6.92. The number of benzene rings is 2. The van der Waals surface area contributed by atoms with E-state index < -0.39 is 10.0 Å². The van der Waals surface area contributed by atoms with Crippen LogP contribution < -0.4 is 4.83 Å². The number of hydrazone groups is 1. The van der Waals surface area contributed by atoms with E-state index in [0.717, 1.165) is 22.6 Å². The Morgan fingerprint density at radius 3 is 2.53 bits per heavy atom. The molecule has 0 heterocycles. The highest BCUT2D eigenvalue weighted by atomic mass is 32.2. The highest BCUT2D eigenvalue weighted by Crippen LogP contribution is 2.14. The lowest BCUT2D eigenvalue weighted by molar-refractivity contribution is 0.591. The summed E-state index contributed by atoms with van der Waals surface area (Å²) >= 11 is 0. The van der Waals surface area contributed by atoms with E-state index in [9.17, 15) is 8.42 Å². The van der Waals surface area contributed by atoms with Crippen LogP contribution in [0.5, 0.6) is 0 Å². The first kappa shape index (κ1) is 11.6. The van der Waals surface area contributed by atoms with Gasteiger partial charge in [0.05, 0.1) is 12.5 Å². The van der Waals surface area contributed by atoms with E-state index in [4.69, 9.17) is 0 Å². The largest absolute Gasteiger partial charge is 0.244 e. The molecular formula is C12H12N2O2S. The maximum atomic E-state index is 10.8. The van der Waals surface area contributed by atoms with Gasteiger partial charge in [-0.2, -0.15) is 5.10 Å². The van der Waals surface area contributed by atoms with Crippen molar-refractivity contribution in [3.8, 4) is 0 Å². The molecule has 2 aromatic rings. The van der Waals surface area contributed by atoms with Gasteiger partial charge >= 0.3 is 0 Å². The molecule has 0 bridgehead atoms. The average molecular weight is 248 g/mol. The van der Waals surface area contributed by atoms with Gasteiger partial charge in [-0.05, 0) is 22.4 Å². The van der Waals surface area contributed by atoms with Crippen molar-refractivity contribution in [2.24, 2.45) is 5.10 Å². The van der Waals surface area contributed by atoms with Gasteiger partial charge in [0.1, 0.15) is 0 Å². The number of hydrogen-bond donors (Lipinski definition) is 1. The predicted octanol–water partition coefficient (Wildman–Crippen LogP) is 1.72. The SMILES string of the molecule is CS(=O)(=O)NN=Cc1ccc2ccccc2c1. The second-order valence-corrected chi connectivity index (χ2v) is 5.46. The highest BCUT2D eigenvalue weighted by molar-refractivity contribution is 7.88. The molecule has 0 spiro atoms. The van der Waals surface area contributed by atoms with E-state index in [-0.39, 0.29) is 0 Å². The van der Waals surface area contributed by atoms with E-state index >= 15 is 0 Å². The van der Waals surface area contributed by atoms with Crippen molar-refractivity contribution >= 4 is 27.0 Å². The summed E-state index contributed by atoms with van der Waals surface area (Å²) in [5.74, 6) is 0. The fourth-order valence-electron chi connectivity index (χ4n) is 1.48. The fraction of sp³-hybridized carbons (Fsp3) is 0.0833. The molecule has 2 aromatic carbocycles. The van der Waals surface area contributed by atoms with Crippen molar-refractivity contribution in [1.82, 2.24) is 4.83 Å². The lowest BCUT2D eigenvalue weighted by Crippen LogP contribution is -2.15. The zero-order valence-electron chi connectivity index (χ0n) is 9.29. The minimum absolute atomic E-state index is 0.847. The van der Waals surface area contributed by atoms with Crippen LogP contribution in [0.3, 0.4) is 0 Å². The number of nitrogens with one attached hydrogen (secondary N) is 1. The number of nitrogens with zero attached hydrogens (tertiary/aromatic N) is 1. The van der Waals surface area contributed by atoms with Crippen LogP contribution in [-0.2, 0) is 10.0 Å². The van der Waals surface area contributed by atoms with Crippen LogP contribution in [-0.4, -0.2) is 20.9 Å². The Balaban J connectivity index is 2.25. The zero-order chi connectivity index (χ0) is 12.3. The predicted molar refractivity (Wildman–Crippen MR) is 69.5 cm³/mol. The summed E-state index contributed by atoms with van der Waals surface area (Å²) in [6, 6.07) is 13.7. The van der Waals surface area contributed by atoms with Gasteiger partial charge < -0.3 is 0 Å². The van der Waals surface area contributed by atoms with E-state index in [1.165, 1.54) is 6.21 Å². The lowest BCUT2D eigenvalue weighted by Gasteiger charge is -1.99. The quantitative estimate of drug-likeness (QED) is 0.664. The molecule has 0 unspecified atom stereocenters. The Morgan fingerprint density at radius 2 is 1.82 bits per heavy atom. The van der Waals surface area contributed by atoms with Crippen LogP contribution in [0.1, 0.15) is 5.56 Å². The van der Waals surface area contributed by atoms with Gasteiger partial charge in [-0.25, -0.2) is 13.2 Å². The Bertz CT molecular complexity index is 663. The van der Waals surface area contributed by atoms with Crippen LogP contribution in [0.2, 0.25) is 0 Å². The fourth-order valence-corrected chi connectivity index (χ4v) is 1.73. The van der Waals surface area contributed by atoms with Gasteiger partial charge in [0, 0.05) is 0 Å². The molecule has 0 saturated heterocycles. The Hall–Kier alpha value is -1.88. The minimum Gasteiger partial charge on any atom is -0.206 e. The Labute approximate surface area is 100 Å². The molecule has 0 aromatic heterocycles. The van der Waals surface area contributed by atoms with Crippen molar-refractivity contribution in [3.05, 3.63) is 48.0 Å². The van der Waals surface area contributed by atoms with E-state index in [0.29, 0.717) is 0 Å². The second kappa shape index (κ2) is 4.55. The second-order valence-electron chi connectivity index (χ2n) is 3.73. The van der Waals surface area contributed by atoms with E-state index in [2.05, 4.69) is 9.93 Å². The highest BCUT2D eigenvalue weighted by Gasteiger charge is 1.96. The number of sulfonamides is 1. The molecule has 0 radical (unpaired) electrons. The maximum Gasteiger partial charge on any atom is 0.244 e. The van der Waals surface area contributed by atoms with Crippen molar-refractivity contribution in [2.75, 3.05) is 6.26 Å². The van der Waals surface area contributed by atoms with Crippen molar-refractivity contribution < 1.29 is 8.42 Å². The molecule has 88 valence electrons. The van der Waals surface area contributed by atoms with Crippen LogP contribution in [0, 0.1) is 0 Å². The summed E-state index contributed by atoms with van der Waals surface area (Å²) in [6.45, 7) is 0. The summed E-state index contributed by atoms with van der Waals surface area (Å²) in [6.07, 6.45) is 2.54. The van der Waals surface area contributed by atoms with Gasteiger partial charge in [-0.3, -0.25) is 0 Å². The summed E-state index contributed by atoms with van der Waals surface area (Å²) in [5.41, 5.74) is 0.847. The third-order valence-electron chi connectivity index (χ3n) is 2.21. The number of fused-ring (bicyclic) bond motifs is 1. The molecule has 0 fully saturated rings. The van der Waals surface area contributed by atoms with E-state index in [1.54, 1.807) is 0 Å². The molecule has 4 nitrogen and oxygen atoms in total. The number of hydrogen-bond acceptors (Lipinski definition) is 3. The summed E-state index contributed by atoms with van der Waals surface area (Å²) in [5, 5.41) is 5.89. The summed E-state index contributed by atoms with van der Waals surface area (Å²) in [4.78, 5) is 2.06. The molecule has 0 aliphatic heterocycles. The molecule has 0 aliphatic rings. The van der Waals surface area contributed by atoms with Crippen LogP contribution in [0.4, 0.5) is 0 Å². The maximum absolute atomic E-state index is 10.8. The molecule has 1 N–H and O–H groups in total. The Morgan fingerprint density at radius 1 is 1.12 bits per heavy atom. The smallest absolute Gasteiger partial charge is 0.206 e. The molecule has 17 heavy (non-hydrogen) atoms. The van der Waals surface area contributed by atoms with Gasteiger partial charge in [-0.15, -0.1) is 0 Å². The molecule has 0 amide bonds. The van der Waals surface area contributed by atoms with E-state index in [1.807, 2.05) is 42.5 Å². The van der Waals surface area contributed by atoms with Crippen molar-refractivity contribution in [3.63, 3.8) is 0 Å². The Kier molecular flexibility index (Phi) is 3.10. The summed E-state index contributed by atoms with van der Waals surface area (Å²) < 4.78 is 21.6. The molecule has 2 rings (SSSR count). The van der Waals surface area contributed by atoms with Gasteiger partial charge in [0.25, 0.3) is 0 Å². The van der Waals surface area contributed by atoms with Crippen LogP contribution in [0.15, 0.2) is 47.6 Å². The molecule has 0 atom stereocenters. The van der Waals surface area contributed by atoms with Crippen molar-refractivity contribution in [2.45, 2.75) is 0 Å². The zero-order valence-corrected chi connectivity index (χ0v) is 10.1. The monoisotopic (exact) mass is 248 g/mol. The summed E-state index contributed by atoms with van der Waals surface area (Å²) in [7, 11) is -3.28. The molecule has 5 heteroatoms. The van der Waals surface area contributed by atoms with Gasteiger partial charge in [0.2, 0.25) is 10.0 Å². The molecular weight excluding hydrogens is 236 g/mol. The van der Waals surface area contributed by atoms with Gasteiger partial charge in [0.15, 0.2) is 0 Å². The molecule has 0 aliphatic carbocycles.